The molecule has 0 saturated carbocycles. The number of nitrogens with one attached hydrogen (secondary N) is 1. The molecule has 0 aliphatic heterocycles. The quantitative estimate of drug-likeness (QED) is 0.675. The second kappa shape index (κ2) is 3.85. The van der Waals surface area contributed by atoms with Gasteiger partial charge in [-0.25, -0.2) is 4.68 Å². The molecule has 0 aromatic carbocycles. The Morgan fingerprint density at radius 3 is 3.00 bits per heavy atom. The standard InChI is InChI=1S/C7H12N4O/c1-3-8-7(12)5-11-6(2)4-9-10-11/h4H,3,5H2,1-2H3,(H,8,12). The Balaban J connectivity index is 2.52. The molecule has 0 unspecified atom stereocenters. The van der Waals surface area contributed by atoms with Gasteiger partial charge in [0.1, 0.15) is 6.54 Å². The lowest BCUT2D eigenvalue weighted by Crippen LogP contribution is -2.27. The predicted octanol–water partition coefficient (Wildman–Crippen LogP) is -0.277. The van der Waals surface area contributed by atoms with Crippen molar-refractivity contribution >= 4 is 5.91 Å². The third-order valence-electron chi connectivity index (χ3n) is 1.48. The van der Waals surface area contributed by atoms with Gasteiger partial charge in [-0.15, -0.1) is 5.10 Å². The fourth-order valence-corrected chi connectivity index (χ4v) is 0.854. The molecule has 0 fully saturated rings. The molecule has 1 aromatic rings. The minimum absolute atomic E-state index is 0.0360. The van der Waals surface area contributed by atoms with Crippen molar-refractivity contribution in [2.24, 2.45) is 0 Å². The largest absolute Gasteiger partial charge is 0.355 e. The van der Waals surface area contributed by atoms with Crippen LogP contribution in [0.1, 0.15) is 12.6 Å². The zero-order chi connectivity index (χ0) is 8.97. The Hall–Kier alpha value is -1.39. The highest BCUT2D eigenvalue weighted by Crippen LogP contribution is 1.91. The molecule has 1 heterocycles. The fourth-order valence-electron chi connectivity index (χ4n) is 0.854. The van der Waals surface area contributed by atoms with Gasteiger partial charge in [-0.1, -0.05) is 5.21 Å². The Morgan fingerprint density at radius 1 is 1.75 bits per heavy atom. The summed E-state index contributed by atoms with van der Waals surface area (Å²) in [4.78, 5) is 11.1. The van der Waals surface area contributed by atoms with Gasteiger partial charge < -0.3 is 5.32 Å². The van der Waals surface area contributed by atoms with Crippen LogP contribution < -0.4 is 5.32 Å². The topological polar surface area (TPSA) is 59.8 Å². The average Bonchev–Trinajstić information content (AvgIpc) is 2.37. The zero-order valence-electron chi connectivity index (χ0n) is 7.24. The van der Waals surface area contributed by atoms with E-state index in [4.69, 9.17) is 0 Å². The summed E-state index contributed by atoms with van der Waals surface area (Å²) >= 11 is 0. The van der Waals surface area contributed by atoms with Crippen molar-refractivity contribution in [2.45, 2.75) is 20.4 Å². The second-order valence-corrected chi connectivity index (χ2v) is 2.49. The maximum atomic E-state index is 11.1. The van der Waals surface area contributed by atoms with Gasteiger partial charge in [0.25, 0.3) is 0 Å². The molecular formula is C7H12N4O. The lowest BCUT2D eigenvalue weighted by molar-refractivity contribution is -0.121. The summed E-state index contributed by atoms with van der Waals surface area (Å²) in [5.74, 6) is -0.0360. The van der Waals surface area contributed by atoms with Crippen molar-refractivity contribution in [3.63, 3.8) is 0 Å². The molecule has 12 heavy (non-hydrogen) atoms. The number of carbonyl (C=O) groups excluding carboxylic acids is 1. The molecule has 5 heteroatoms. The maximum absolute atomic E-state index is 11.1. The van der Waals surface area contributed by atoms with E-state index in [1.165, 1.54) is 0 Å². The first-order valence-corrected chi connectivity index (χ1v) is 3.86. The molecule has 0 bridgehead atoms. The van der Waals surface area contributed by atoms with Crippen molar-refractivity contribution in [3.05, 3.63) is 11.9 Å². The number of likely N-dealkylation sites (N-methyl/N-ethyl adjacent to an activating group) is 1. The third-order valence-corrected chi connectivity index (χ3v) is 1.48. The van der Waals surface area contributed by atoms with Crippen LogP contribution in [0, 0.1) is 6.92 Å². The van der Waals surface area contributed by atoms with E-state index in [-0.39, 0.29) is 12.5 Å². The van der Waals surface area contributed by atoms with Gasteiger partial charge in [0.2, 0.25) is 5.91 Å². The fraction of sp³-hybridized carbons (Fsp3) is 0.571. The van der Waals surface area contributed by atoms with E-state index < -0.39 is 0 Å². The van der Waals surface area contributed by atoms with Crippen LogP contribution in [0.2, 0.25) is 0 Å². The molecule has 1 rings (SSSR count). The molecular weight excluding hydrogens is 156 g/mol. The van der Waals surface area contributed by atoms with E-state index in [9.17, 15) is 4.79 Å². The van der Waals surface area contributed by atoms with Gasteiger partial charge in [-0.3, -0.25) is 4.79 Å². The average molecular weight is 168 g/mol. The summed E-state index contributed by atoms with van der Waals surface area (Å²) in [6.07, 6.45) is 1.62. The van der Waals surface area contributed by atoms with Crippen LogP contribution in [0.25, 0.3) is 0 Å². The normalized spacial score (nSPS) is 9.83. The van der Waals surface area contributed by atoms with Crippen LogP contribution in [0.4, 0.5) is 0 Å². The zero-order valence-corrected chi connectivity index (χ0v) is 7.24. The molecule has 0 aliphatic carbocycles. The molecule has 0 saturated heterocycles. The van der Waals surface area contributed by atoms with Gasteiger partial charge in [0, 0.05) is 6.54 Å². The van der Waals surface area contributed by atoms with E-state index in [0.717, 1.165) is 5.69 Å². The van der Waals surface area contributed by atoms with E-state index in [2.05, 4.69) is 15.6 Å². The smallest absolute Gasteiger partial charge is 0.241 e. The Labute approximate surface area is 70.8 Å². The summed E-state index contributed by atoms with van der Waals surface area (Å²) in [7, 11) is 0. The van der Waals surface area contributed by atoms with Crippen molar-refractivity contribution in [3.8, 4) is 0 Å². The molecule has 1 aromatic heterocycles. The minimum atomic E-state index is -0.0360. The van der Waals surface area contributed by atoms with E-state index in [1.54, 1.807) is 10.9 Å². The van der Waals surface area contributed by atoms with Crippen LogP contribution in [0.15, 0.2) is 6.20 Å². The highest BCUT2D eigenvalue weighted by Gasteiger charge is 2.03. The summed E-state index contributed by atoms with van der Waals surface area (Å²) in [6, 6.07) is 0. The molecule has 0 aliphatic rings. The lowest BCUT2D eigenvalue weighted by atomic mass is 10.5. The van der Waals surface area contributed by atoms with E-state index >= 15 is 0 Å². The molecule has 1 amide bonds. The van der Waals surface area contributed by atoms with E-state index in [0.29, 0.717) is 6.54 Å². The molecule has 0 spiro atoms. The van der Waals surface area contributed by atoms with Crippen molar-refractivity contribution in [2.75, 3.05) is 6.54 Å². The number of rotatable bonds is 3. The Kier molecular flexibility index (Phi) is 2.79. The monoisotopic (exact) mass is 168 g/mol. The molecule has 5 nitrogen and oxygen atoms in total. The molecule has 0 radical (unpaired) electrons. The van der Waals surface area contributed by atoms with Crippen LogP contribution in [0.3, 0.4) is 0 Å². The molecule has 0 atom stereocenters. The maximum Gasteiger partial charge on any atom is 0.241 e. The third kappa shape index (κ3) is 2.05. The Bertz CT molecular complexity index is 268. The van der Waals surface area contributed by atoms with Crippen LogP contribution in [-0.4, -0.2) is 27.4 Å². The number of hydrogen-bond acceptors (Lipinski definition) is 3. The van der Waals surface area contributed by atoms with Gasteiger partial charge in [-0.05, 0) is 13.8 Å². The van der Waals surface area contributed by atoms with E-state index in [1.807, 2.05) is 13.8 Å². The van der Waals surface area contributed by atoms with Crippen molar-refractivity contribution < 1.29 is 4.79 Å². The number of hydrogen-bond donors (Lipinski definition) is 1. The van der Waals surface area contributed by atoms with Crippen LogP contribution >= 0.6 is 0 Å². The van der Waals surface area contributed by atoms with Gasteiger partial charge >= 0.3 is 0 Å². The number of aromatic nitrogens is 3. The highest BCUT2D eigenvalue weighted by atomic mass is 16.2. The van der Waals surface area contributed by atoms with Crippen LogP contribution in [0.5, 0.6) is 0 Å². The van der Waals surface area contributed by atoms with Gasteiger partial charge in [0.15, 0.2) is 0 Å². The summed E-state index contributed by atoms with van der Waals surface area (Å²) < 4.78 is 1.56. The second-order valence-electron chi connectivity index (χ2n) is 2.49. The summed E-state index contributed by atoms with van der Waals surface area (Å²) in [5, 5.41) is 10.1. The number of amides is 1. The van der Waals surface area contributed by atoms with Gasteiger partial charge in [0.05, 0.1) is 11.9 Å². The first kappa shape index (κ1) is 8.70. The van der Waals surface area contributed by atoms with Gasteiger partial charge in [-0.2, -0.15) is 0 Å². The van der Waals surface area contributed by atoms with Crippen molar-refractivity contribution in [1.29, 1.82) is 0 Å². The number of aryl methyl sites for hydroxylation is 1. The molecule has 66 valence electrons. The number of carbonyl (C=O) groups is 1. The first-order valence-electron chi connectivity index (χ1n) is 3.86. The minimum Gasteiger partial charge on any atom is -0.355 e. The van der Waals surface area contributed by atoms with Crippen molar-refractivity contribution in [1.82, 2.24) is 20.3 Å². The highest BCUT2D eigenvalue weighted by molar-refractivity contribution is 5.75. The summed E-state index contributed by atoms with van der Waals surface area (Å²) in [6.45, 7) is 4.64. The SMILES string of the molecule is CCNC(=O)Cn1nncc1C. The van der Waals surface area contributed by atoms with Crippen LogP contribution in [-0.2, 0) is 11.3 Å². The summed E-state index contributed by atoms with van der Waals surface area (Å²) in [5.41, 5.74) is 0.890. The lowest BCUT2D eigenvalue weighted by Gasteiger charge is -2.02. The number of nitrogens with zero attached hydrogens (tertiary/aromatic N) is 3. The Morgan fingerprint density at radius 2 is 2.50 bits per heavy atom. The first-order chi connectivity index (χ1) is 5.74. The predicted molar refractivity (Wildman–Crippen MR) is 43.4 cm³/mol. The molecule has 1 N–H and O–H groups in total.